The Morgan fingerprint density at radius 3 is 2.14 bits per heavy atom. The number of carboxylic acid groups (broad SMARTS) is 2. The molecule has 7 nitrogen and oxygen atoms in total. The van der Waals surface area contributed by atoms with Crippen molar-refractivity contribution in [3.63, 3.8) is 0 Å². The molecule has 0 amide bonds. The summed E-state index contributed by atoms with van der Waals surface area (Å²) in [7, 11) is 5.26. The molecule has 0 unspecified atom stereocenters. The van der Waals surface area contributed by atoms with E-state index < -0.39 is 11.9 Å². The number of nitrogens with one attached hydrogen (secondary N) is 1. The van der Waals surface area contributed by atoms with Gasteiger partial charge in [0.2, 0.25) is 0 Å². The third-order valence-electron chi connectivity index (χ3n) is 3.29. The molecule has 28 heavy (non-hydrogen) atoms. The third-order valence-corrected chi connectivity index (χ3v) is 4.40. The molecule has 0 aliphatic rings. The molecular formula is C20H23NO6S. The monoisotopic (exact) mass is 405 g/mol. The summed E-state index contributed by atoms with van der Waals surface area (Å²) in [4.78, 5) is 21.5. The first-order valence-electron chi connectivity index (χ1n) is 8.17. The van der Waals surface area contributed by atoms with Crippen LogP contribution in [0.1, 0.15) is 5.56 Å². The first-order valence-corrected chi connectivity index (χ1v) is 8.99. The van der Waals surface area contributed by atoms with Gasteiger partial charge in [0.1, 0.15) is 0 Å². The lowest BCUT2D eigenvalue weighted by Crippen LogP contribution is -2.05. The van der Waals surface area contributed by atoms with Gasteiger partial charge in [0, 0.05) is 28.5 Å². The van der Waals surface area contributed by atoms with E-state index in [-0.39, 0.29) is 0 Å². The Hall–Kier alpha value is -2.97. The number of methoxy groups -OCH3 is 2. The van der Waals surface area contributed by atoms with E-state index in [9.17, 15) is 9.59 Å². The molecule has 0 spiro atoms. The first kappa shape index (κ1) is 23.1. The van der Waals surface area contributed by atoms with Crippen molar-refractivity contribution in [3.8, 4) is 11.5 Å². The fraction of sp³-hybridized carbons (Fsp3) is 0.200. The van der Waals surface area contributed by atoms with Gasteiger partial charge in [-0.1, -0.05) is 30.0 Å². The molecule has 3 N–H and O–H groups in total. The number of rotatable bonds is 8. The lowest BCUT2D eigenvalue weighted by atomic mass is 10.2. The van der Waals surface area contributed by atoms with E-state index in [1.165, 1.54) is 10.5 Å². The van der Waals surface area contributed by atoms with Gasteiger partial charge in [0.05, 0.1) is 14.2 Å². The zero-order valence-corrected chi connectivity index (χ0v) is 16.7. The molecule has 0 atom stereocenters. The number of aliphatic carboxylic acids is 2. The molecule has 0 heterocycles. The summed E-state index contributed by atoms with van der Waals surface area (Å²) in [5.74, 6) is -1.01. The molecule has 0 saturated carbocycles. The number of carbonyl (C=O) groups is 2. The van der Waals surface area contributed by atoms with E-state index in [0.717, 1.165) is 22.9 Å². The quantitative estimate of drug-likeness (QED) is 0.575. The minimum absolute atomic E-state index is 0.558. The maximum absolute atomic E-state index is 9.55. The van der Waals surface area contributed by atoms with Gasteiger partial charge in [-0.15, -0.1) is 0 Å². The predicted octanol–water partition coefficient (Wildman–Crippen LogP) is 3.29. The van der Waals surface area contributed by atoms with Crippen LogP contribution in [0.3, 0.4) is 0 Å². The average molecular weight is 405 g/mol. The van der Waals surface area contributed by atoms with E-state index in [1.807, 2.05) is 25.2 Å². The number of carboxylic acids is 2. The summed E-state index contributed by atoms with van der Waals surface area (Å²) in [5.41, 5.74) is 1.29. The smallest absolute Gasteiger partial charge is 0.328 e. The minimum Gasteiger partial charge on any atom is -0.493 e. The van der Waals surface area contributed by atoms with E-state index >= 15 is 0 Å². The van der Waals surface area contributed by atoms with Crippen LogP contribution in [0.5, 0.6) is 11.5 Å². The molecular weight excluding hydrogens is 382 g/mol. The summed E-state index contributed by atoms with van der Waals surface area (Å²) in [6.45, 7) is 0.858. The zero-order valence-electron chi connectivity index (χ0n) is 15.8. The standard InChI is InChI=1S/C16H19NO2S.C4H4O4/c1-17-11-12-6-4-5-7-16(12)20-13-8-9-14(18-2)15(10-13)19-3;5-3(6)1-2-4(7)8/h4-10,17H,11H2,1-3H3;1-2H,(H,5,6)(H,7,8)/b;2-1+. The van der Waals surface area contributed by atoms with Gasteiger partial charge in [-0.2, -0.15) is 0 Å². The van der Waals surface area contributed by atoms with Crippen molar-refractivity contribution in [1.29, 1.82) is 0 Å². The Morgan fingerprint density at radius 2 is 1.61 bits per heavy atom. The van der Waals surface area contributed by atoms with Crippen LogP contribution in [-0.4, -0.2) is 43.4 Å². The third kappa shape index (κ3) is 8.15. The number of benzene rings is 2. The van der Waals surface area contributed by atoms with Crippen LogP contribution in [0.4, 0.5) is 0 Å². The fourth-order valence-electron chi connectivity index (χ4n) is 2.09. The van der Waals surface area contributed by atoms with Gasteiger partial charge in [-0.25, -0.2) is 9.59 Å². The van der Waals surface area contributed by atoms with Crippen LogP contribution in [0.2, 0.25) is 0 Å². The van der Waals surface area contributed by atoms with Crippen molar-refractivity contribution in [2.24, 2.45) is 0 Å². The highest BCUT2D eigenvalue weighted by atomic mass is 32.2. The fourth-order valence-corrected chi connectivity index (χ4v) is 3.06. The normalized spacial score (nSPS) is 10.1. The van der Waals surface area contributed by atoms with Crippen molar-refractivity contribution in [1.82, 2.24) is 5.32 Å². The van der Waals surface area contributed by atoms with Gasteiger partial charge >= 0.3 is 11.9 Å². The number of ether oxygens (including phenoxy) is 2. The molecule has 2 rings (SSSR count). The maximum atomic E-state index is 9.55. The summed E-state index contributed by atoms with van der Waals surface area (Å²) in [6.07, 6.45) is 1.12. The lowest BCUT2D eigenvalue weighted by Gasteiger charge is -2.11. The van der Waals surface area contributed by atoms with Gasteiger partial charge < -0.3 is 25.0 Å². The highest BCUT2D eigenvalue weighted by molar-refractivity contribution is 7.99. The molecule has 0 radical (unpaired) electrons. The molecule has 2 aromatic rings. The molecule has 0 bridgehead atoms. The van der Waals surface area contributed by atoms with Crippen molar-refractivity contribution in [3.05, 3.63) is 60.2 Å². The van der Waals surface area contributed by atoms with Crippen LogP contribution in [-0.2, 0) is 16.1 Å². The SMILES string of the molecule is CNCc1ccccc1Sc1ccc(OC)c(OC)c1.O=C(O)/C=C/C(=O)O. The second kappa shape index (κ2) is 12.4. The van der Waals surface area contributed by atoms with Crippen molar-refractivity contribution in [2.75, 3.05) is 21.3 Å². The summed E-state index contributed by atoms with van der Waals surface area (Å²) < 4.78 is 10.6. The van der Waals surface area contributed by atoms with E-state index in [4.69, 9.17) is 19.7 Å². The van der Waals surface area contributed by atoms with Crippen LogP contribution in [0.15, 0.2) is 64.4 Å². The Bertz CT molecular complexity index is 806. The minimum atomic E-state index is -1.26. The predicted molar refractivity (Wildman–Crippen MR) is 107 cm³/mol. The molecule has 2 aromatic carbocycles. The number of hydrogen-bond donors (Lipinski definition) is 3. The second-order valence-electron chi connectivity index (χ2n) is 5.27. The molecule has 0 aliphatic carbocycles. The summed E-state index contributed by atoms with van der Waals surface area (Å²) in [5, 5.41) is 18.8. The average Bonchev–Trinajstić information content (AvgIpc) is 2.68. The summed E-state index contributed by atoms with van der Waals surface area (Å²) in [6, 6.07) is 14.4. The van der Waals surface area contributed by atoms with Gasteiger partial charge in [-0.05, 0) is 36.9 Å². The van der Waals surface area contributed by atoms with Crippen molar-refractivity contribution in [2.45, 2.75) is 16.3 Å². The second-order valence-corrected chi connectivity index (χ2v) is 6.38. The zero-order chi connectivity index (χ0) is 20.9. The highest BCUT2D eigenvalue weighted by Gasteiger charge is 2.07. The molecule has 0 aliphatic heterocycles. The van der Waals surface area contributed by atoms with E-state index in [0.29, 0.717) is 12.2 Å². The Kier molecular flexibility index (Phi) is 10.2. The topological polar surface area (TPSA) is 105 Å². The largest absolute Gasteiger partial charge is 0.493 e. The van der Waals surface area contributed by atoms with Crippen LogP contribution in [0, 0.1) is 0 Å². The van der Waals surface area contributed by atoms with Crippen molar-refractivity contribution >= 4 is 23.7 Å². The lowest BCUT2D eigenvalue weighted by molar-refractivity contribution is -0.134. The molecule has 150 valence electrons. The van der Waals surface area contributed by atoms with Crippen LogP contribution in [0.25, 0.3) is 0 Å². The Labute approximate surface area is 168 Å². The Balaban J connectivity index is 0.000000416. The van der Waals surface area contributed by atoms with Crippen molar-refractivity contribution < 1.29 is 29.3 Å². The molecule has 0 aromatic heterocycles. The van der Waals surface area contributed by atoms with E-state index in [2.05, 4.69) is 29.6 Å². The van der Waals surface area contributed by atoms with Gasteiger partial charge in [0.25, 0.3) is 0 Å². The maximum Gasteiger partial charge on any atom is 0.328 e. The molecule has 8 heteroatoms. The van der Waals surface area contributed by atoms with Crippen LogP contribution >= 0.6 is 11.8 Å². The number of hydrogen-bond acceptors (Lipinski definition) is 6. The van der Waals surface area contributed by atoms with Crippen LogP contribution < -0.4 is 14.8 Å². The Morgan fingerprint density at radius 1 is 1.00 bits per heavy atom. The first-order chi connectivity index (χ1) is 13.4. The molecule has 0 saturated heterocycles. The van der Waals surface area contributed by atoms with Gasteiger partial charge in [0.15, 0.2) is 11.5 Å². The van der Waals surface area contributed by atoms with Gasteiger partial charge in [-0.3, -0.25) is 0 Å². The molecule has 0 fully saturated rings. The van der Waals surface area contributed by atoms with E-state index in [1.54, 1.807) is 26.0 Å². The highest BCUT2D eigenvalue weighted by Crippen LogP contribution is 2.36. The summed E-state index contributed by atoms with van der Waals surface area (Å²) >= 11 is 1.73.